The van der Waals surface area contributed by atoms with Crippen molar-refractivity contribution in [1.29, 1.82) is 5.41 Å². The molecule has 0 fully saturated rings. The number of rotatable bonds is 3. The van der Waals surface area contributed by atoms with Gasteiger partial charge in [-0.3, -0.25) is 10.4 Å². The van der Waals surface area contributed by atoms with Gasteiger partial charge in [-0.2, -0.15) is 0 Å². The van der Waals surface area contributed by atoms with Crippen LogP contribution in [0.15, 0.2) is 51.4 Å². The maximum Gasteiger partial charge on any atom is 0.268 e. The third kappa shape index (κ3) is 3.06. The maximum atomic E-state index is 8.21. The largest absolute Gasteiger partial charge is 0.415 e. The summed E-state index contributed by atoms with van der Waals surface area (Å²) in [4.78, 5) is 4.41. The molecule has 2 aromatic rings. The summed E-state index contributed by atoms with van der Waals surface area (Å²) < 4.78 is 5.71. The number of halogens is 1. The quantitative estimate of drug-likeness (QED) is 0.665. The van der Waals surface area contributed by atoms with Gasteiger partial charge in [-0.25, -0.2) is 0 Å². The van der Waals surface area contributed by atoms with E-state index in [0.717, 1.165) is 18.4 Å². The Balaban J connectivity index is 1.96. The maximum absolute atomic E-state index is 8.21. The molecule has 0 amide bonds. The Bertz CT molecular complexity index is 749. The first-order chi connectivity index (χ1) is 10.7. The van der Waals surface area contributed by atoms with E-state index in [-0.39, 0.29) is 10.8 Å². The third-order valence-corrected chi connectivity index (χ3v) is 3.93. The Morgan fingerprint density at radius 3 is 2.68 bits per heavy atom. The summed E-state index contributed by atoms with van der Waals surface area (Å²) in [6.07, 6.45) is 3.51. The van der Waals surface area contributed by atoms with E-state index in [1.54, 1.807) is 0 Å². The number of alkyl halides is 1. The Morgan fingerprint density at radius 2 is 1.95 bits per heavy atom. The molecule has 2 heterocycles. The highest BCUT2D eigenvalue weighted by atomic mass is 79.9. The molecule has 1 aliphatic rings. The smallest absolute Gasteiger partial charge is 0.268 e. The van der Waals surface area contributed by atoms with Crippen molar-refractivity contribution >= 4 is 27.4 Å². The lowest BCUT2D eigenvalue weighted by Crippen LogP contribution is -2.13. The Kier molecular flexibility index (Phi) is 4.29. The molecular weight excluding hydrogens is 344 g/mol. The molecule has 6 heteroatoms. The number of hydrogen-bond acceptors (Lipinski definition) is 5. The topological polar surface area (TPSA) is 75.1 Å². The summed E-state index contributed by atoms with van der Waals surface area (Å²) in [5, 5.41) is 16.3. The summed E-state index contributed by atoms with van der Waals surface area (Å²) in [6.45, 7) is 2.07. The molecule has 0 saturated heterocycles. The molecule has 1 aromatic heterocycles. The van der Waals surface area contributed by atoms with Gasteiger partial charge in [0.15, 0.2) is 0 Å². The first-order valence-corrected chi connectivity index (χ1v) is 7.98. The van der Waals surface area contributed by atoms with Crippen LogP contribution in [0.4, 0.5) is 0 Å². The van der Waals surface area contributed by atoms with E-state index in [9.17, 15) is 0 Å². The molecule has 112 valence electrons. The van der Waals surface area contributed by atoms with Gasteiger partial charge in [0.1, 0.15) is 10.7 Å². The van der Waals surface area contributed by atoms with Gasteiger partial charge in [0, 0.05) is 12.0 Å². The minimum Gasteiger partial charge on any atom is -0.415 e. The minimum atomic E-state index is -0.0800. The van der Waals surface area contributed by atoms with Crippen molar-refractivity contribution in [2.75, 3.05) is 0 Å². The van der Waals surface area contributed by atoms with Crippen molar-refractivity contribution < 1.29 is 4.42 Å². The summed E-state index contributed by atoms with van der Waals surface area (Å²) in [6, 6.07) is 9.56. The average molecular weight is 359 g/mol. The van der Waals surface area contributed by atoms with Crippen LogP contribution < -0.4 is 0 Å². The molecule has 3 rings (SSSR count). The highest BCUT2D eigenvalue weighted by molar-refractivity contribution is 9.09. The van der Waals surface area contributed by atoms with E-state index in [1.807, 2.05) is 36.4 Å². The SMILES string of the molecule is CCC1=CC(=N)C(c2nnc(-c3ccccc3)o2)=NC(Br)C1. The Labute approximate surface area is 136 Å². The van der Waals surface area contributed by atoms with Gasteiger partial charge in [-0.05, 0) is 24.6 Å². The van der Waals surface area contributed by atoms with Crippen LogP contribution in [0.1, 0.15) is 25.7 Å². The molecule has 22 heavy (non-hydrogen) atoms. The molecule has 0 bridgehead atoms. The lowest BCUT2D eigenvalue weighted by atomic mass is 10.1. The fourth-order valence-electron chi connectivity index (χ4n) is 2.24. The van der Waals surface area contributed by atoms with Crippen molar-refractivity contribution in [3.8, 4) is 11.5 Å². The molecule has 5 nitrogen and oxygen atoms in total. The summed E-state index contributed by atoms with van der Waals surface area (Å²) >= 11 is 3.52. The Hall–Kier alpha value is -2.08. The van der Waals surface area contributed by atoms with E-state index in [0.29, 0.717) is 17.3 Å². The van der Waals surface area contributed by atoms with Crippen molar-refractivity contribution in [1.82, 2.24) is 10.2 Å². The molecule has 0 saturated carbocycles. The zero-order valence-corrected chi connectivity index (χ0v) is 13.7. The predicted octanol–water partition coefficient (Wildman–Crippen LogP) is 4.01. The van der Waals surface area contributed by atoms with Crippen molar-refractivity contribution in [2.24, 2.45) is 4.99 Å². The van der Waals surface area contributed by atoms with Crippen LogP contribution in [0, 0.1) is 5.41 Å². The zero-order chi connectivity index (χ0) is 15.5. The molecule has 0 aliphatic carbocycles. The van der Waals surface area contributed by atoms with E-state index >= 15 is 0 Å². The van der Waals surface area contributed by atoms with Gasteiger partial charge in [0.2, 0.25) is 5.89 Å². The van der Waals surface area contributed by atoms with Crippen LogP contribution in [0.3, 0.4) is 0 Å². The molecular formula is C16H15BrN4O. The van der Waals surface area contributed by atoms with Crippen molar-refractivity contribution in [3.63, 3.8) is 0 Å². The molecule has 1 aliphatic heterocycles. The standard InChI is InChI=1S/C16H15BrN4O/c1-2-10-8-12(18)14(19-13(17)9-10)16-21-20-15(22-16)11-6-4-3-5-7-11/h3-8,13,18H,2,9H2,1H3. The van der Waals surface area contributed by atoms with E-state index in [4.69, 9.17) is 9.83 Å². The summed E-state index contributed by atoms with van der Waals surface area (Å²) in [5.41, 5.74) is 2.76. The zero-order valence-electron chi connectivity index (χ0n) is 12.1. The van der Waals surface area contributed by atoms with E-state index in [1.165, 1.54) is 5.57 Å². The van der Waals surface area contributed by atoms with Crippen molar-refractivity contribution in [2.45, 2.75) is 24.7 Å². The number of nitrogens with zero attached hydrogens (tertiary/aromatic N) is 3. The fourth-order valence-corrected chi connectivity index (χ4v) is 2.86. The fraction of sp³-hybridized carbons (Fsp3) is 0.250. The first kappa shape index (κ1) is 14.8. The second kappa shape index (κ2) is 6.36. The monoisotopic (exact) mass is 358 g/mol. The number of hydrogen-bond donors (Lipinski definition) is 1. The van der Waals surface area contributed by atoms with Crippen LogP contribution >= 0.6 is 15.9 Å². The summed E-state index contributed by atoms with van der Waals surface area (Å²) in [5.74, 6) is 0.711. The average Bonchev–Trinajstić information content (AvgIpc) is 2.96. The van der Waals surface area contributed by atoms with E-state index in [2.05, 4.69) is 38.0 Å². The molecule has 1 aromatic carbocycles. The molecule has 0 radical (unpaired) electrons. The number of allylic oxidation sites excluding steroid dienone is 1. The first-order valence-electron chi connectivity index (χ1n) is 7.07. The normalized spacial score (nSPS) is 18.6. The van der Waals surface area contributed by atoms with Gasteiger partial charge in [-0.1, -0.05) is 46.6 Å². The van der Waals surface area contributed by atoms with E-state index < -0.39 is 0 Å². The van der Waals surface area contributed by atoms with Crippen LogP contribution in [0.25, 0.3) is 11.5 Å². The second-order valence-corrected chi connectivity index (χ2v) is 6.02. The van der Waals surface area contributed by atoms with Crippen LogP contribution in [-0.4, -0.2) is 26.6 Å². The van der Waals surface area contributed by atoms with Crippen molar-refractivity contribution in [3.05, 3.63) is 47.9 Å². The third-order valence-electron chi connectivity index (χ3n) is 3.41. The van der Waals surface area contributed by atoms with Gasteiger partial charge in [-0.15, -0.1) is 10.2 Å². The minimum absolute atomic E-state index is 0.0800. The number of benzene rings is 1. The van der Waals surface area contributed by atoms with Crippen LogP contribution in [0.2, 0.25) is 0 Å². The summed E-state index contributed by atoms with van der Waals surface area (Å²) in [7, 11) is 0. The Morgan fingerprint density at radius 1 is 1.23 bits per heavy atom. The van der Waals surface area contributed by atoms with Gasteiger partial charge in [0.05, 0.1) is 5.71 Å². The van der Waals surface area contributed by atoms with Crippen LogP contribution in [-0.2, 0) is 0 Å². The van der Waals surface area contributed by atoms with Gasteiger partial charge < -0.3 is 4.42 Å². The predicted molar refractivity (Wildman–Crippen MR) is 89.7 cm³/mol. The lowest BCUT2D eigenvalue weighted by molar-refractivity contribution is 0.559. The van der Waals surface area contributed by atoms with Crippen LogP contribution in [0.5, 0.6) is 0 Å². The highest BCUT2D eigenvalue weighted by Crippen LogP contribution is 2.23. The highest BCUT2D eigenvalue weighted by Gasteiger charge is 2.22. The second-order valence-electron chi connectivity index (χ2n) is 4.96. The van der Waals surface area contributed by atoms with Gasteiger partial charge >= 0.3 is 0 Å². The number of aromatic nitrogens is 2. The lowest BCUT2D eigenvalue weighted by Gasteiger charge is -2.03. The molecule has 0 spiro atoms. The van der Waals surface area contributed by atoms with Gasteiger partial charge in [0.25, 0.3) is 5.89 Å². The molecule has 1 unspecified atom stereocenters. The molecule has 1 N–H and O–H groups in total. The number of nitrogens with one attached hydrogen (secondary N) is 1. The number of aliphatic imine (C=N–C) groups is 1. The molecule has 1 atom stereocenters.